The fraction of sp³-hybridized carbons (Fsp3) is 1.00. The van der Waals surface area contributed by atoms with E-state index in [9.17, 15) is 4.57 Å². The van der Waals surface area contributed by atoms with E-state index in [0.717, 1.165) is 18.7 Å². The minimum atomic E-state index is -2.41. The van der Waals surface area contributed by atoms with Crippen molar-refractivity contribution >= 4 is 17.3 Å². The van der Waals surface area contributed by atoms with Crippen LogP contribution in [0.15, 0.2) is 0 Å². The molecule has 0 N–H and O–H groups in total. The number of unbranched alkanes of at least 4 members (excludes halogenated alkanes) is 11. The van der Waals surface area contributed by atoms with Crippen molar-refractivity contribution in [3.05, 3.63) is 0 Å². The van der Waals surface area contributed by atoms with E-state index in [1.165, 1.54) is 70.6 Å². The van der Waals surface area contributed by atoms with Gasteiger partial charge in [0.15, 0.2) is 0 Å². The average Bonchev–Trinajstić information content (AvgIpc) is 2.50. The molecule has 2 nitrogen and oxygen atoms in total. The molecule has 0 radical (unpaired) electrons. The van der Waals surface area contributed by atoms with Crippen LogP contribution in [0.1, 0.15) is 112 Å². The minimum absolute atomic E-state index is 0. The molecule has 0 aromatic carbocycles. The summed E-state index contributed by atoms with van der Waals surface area (Å²) in [4.78, 5) is 0. The summed E-state index contributed by atoms with van der Waals surface area (Å²) < 4.78 is 18.8. The van der Waals surface area contributed by atoms with Crippen molar-refractivity contribution in [2.24, 2.45) is 11.8 Å². The van der Waals surface area contributed by atoms with Crippen molar-refractivity contribution in [3.8, 4) is 0 Å². The first kappa shape index (κ1) is 28.8. The SMILES string of the molecule is CCCCCCCCCCCCCCOP(=O)(CC(C)C)CC(C)C.P. The van der Waals surface area contributed by atoms with Gasteiger partial charge in [-0.1, -0.05) is 105 Å². The lowest BCUT2D eigenvalue weighted by molar-refractivity contribution is 0.296. The van der Waals surface area contributed by atoms with E-state index in [2.05, 4.69) is 34.6 Å². The van der Waals surface area contributed by atoms with Crippen molar-refractivity contribution in [2.45, 2.75) is 112 Å². The first-order chi connectivity index (χ1) is 11.9. The highest BCUT2D eigenvalue weighted by molar-refractivity contribution is 7.59. The van der Waals surface area contributed by atoms with Crippen molar-refractivity contribution in [3.63, 3.8) is 0 Å². The Bertz CT molecular complexity index is 316. The molecule has 0 rings (SSSR count). The Morgan fingerprint density at radius 3 is 1.35 bits per heavy atom. The molecule has 0 spiro atoms. The van der Waals surface area contributed by atoms with E-state index in [0.29, 0.717) is 18.4 Å². The van der Waals surface area contributed by atoms with Crippen LogP contribution in [0.3, 0.4) is 0 Å². The molecule has 26 heavy (non-hydrogen) atoms. The van der Waals surface area contributed by atoms with Gasteiger partial charge in [0.25, 0.3) is 0 Å². The van der Waals surface area contributed by atoms with Crippen LogP contribution in [0.25, 0.3) is 0 Å². The molecule has 0 heterocycles. The van der Waals surface area contributed by atoms with Crippen LogP contribution in [-0.2, 0) is 9.09 Å². The molecule has 1 unspecified atom stereocenters. The number of rotatable bonds is 18. The summed E-state index contributed by atoms with van der Waals surface area (Å²) in [5, 5.41) is 0. The quantitative estimate of drug-likeness (QED) is 0.168. The molecule has 0 aliphatic rings. The Hall–Kier alpha value is 0.620. The zero-order valence-corrected chi connectivity index (χ0v) is 21.0. The monoisotopic (exact) mass is 408 g/mol. The van der Waals surface area contributed by atoms with Crippen molar-refractivity contribution in [1.29, 1.82) is 0 Å². The molecule has 0 saturated heterocycles. The normalized spacial score (nSPS) is 12.0. The molecule has 0 saturated carbocycles. The highest BCUT2D eigenvalue weighted by Crippen LogP contribution is 2.50. The third-order valence-corrected chi connectivity index (χ3v) is 7.84. The summed E-state index contributed by atoms with van der Waals surface area (Å²) >= 11 is 0. The maximum absolute atomic E-state index is 12.9. The first-order valence-corrected chi connectivity index (χ1v) is 13.1. The van der Waals surface area contributed by atoms with Gasteiger partial charge >= 0.3 is 0 Å². The minimum Gasteiger partial charge on any atom is -0.328 e. The zero-order chi connectivity index (χ0) is 19.0. The van der Waals surface area contributed by atoms with Gasteiger partial charge in [0.1, 0.15) is 0 Å². The maximum Gasteiger partial charge on any atom is 0.203 e. The molecule has 0 aromatic heterocycles. The molecule has 0 aromatic rings. The first-order valence-electron chi connectivity index (χ1n) is 11.1. The fourth-order valence-corrected chi connectivity index (χ4v) is 6.51. The van der Waals surface area contributed by atoms with Gasteiger partial charge in [-0.25, -0.2) is 0 Å². The van der Waals surface area contributed by atoms with Gasteiger partial charge in [0, 0.05) is 12.3 Å². The van der Waals surface area contributed by atoms with Crippen LogP contribution in [0.2, 0.25) is 0 Å². The predicted molar refractivity (Wildman–Crippen MR) is 125 cm³/mol. The summed E-state index contributed by atoms with van der Waals surface area (Å²) in [7, 11) is -2.41. The zero-order valence-electron chi connectivity index (χ0n) is 18.7. The van der Waals surface area contributed by atoms with Crippen LogP contribution in [0, 0.1) is 11.8 Å². The average molecular weight is 409 g/mol. The van der Waals surface area contributed by atoms with Crippen LogP contribution in [0.5, 0.6) is 0 Å². The lowest BCUT2D eigenvalue weighted by atomic mass is 10.1. The largest absolute Gasteiger partial charge is 0.328 e. The van der Waals surface area contributed by atoms with Gasteiger partial charge in [-0.2, -0.15) is 9.90 Å². The molecule has 0 amide bonds. The predicted octanol–water partition coefficient (Wildman–Crippen LogP) is 8.35. The fourth-order valence-electron chi connectivity index (χ4n) is 3.47. The Morgan fingerprint density at radius 1 is 0.654 bits per heavy atom. The molecule has 4 heteroatoms. The van der Waals surface area contributed by atoms with Gasteiger partial charge in [-0.3, -0.25) is 4.57 Å². The lowest BCUT2D eigenvalue weighted by Crippen LogP contribution is -2.09. The maximum atomic E-state index is 12.9. The van der Waals surface area contributed by atoms with E-state index < -0.39 is 7.37 Å². The molecule has 160 valence electrons. The summed E-state index contributed by atoms with van der Waals surface area (Å²) in [6, 6.07) is 0. The Balaban J connectivity index is 0. The van der Waals surface area contributed by atoms with Gasteiger partial charge in [-0.05, 0) is 18.3 Å². The van der Waals surface area contributed by atoms with E-state index in [4.69, 9.17) is 4.52 Å². The molecule has 0 aliphatic carbocycles. The van der Waals surface area contributed by atoms with Crippen molar-refractivity contribution in [1.82, 2.24) is 0 Å². The second-order valence-corrected chi connectivity index (χ2v) is 11.3. The van der Waals surface area contributed by atoms with E-state index in [1.807, 2.05) is 0 Å². The highest BCUT2D eigenvalue weighted by atomic mass is 31.2. The van der Waals surface area contributed by atoms with Gasteiger partial charge < -0.3 is 4.52 Å². The van der Waals surface area contributed by atoms with Gasteiger partial charge in [-0.15, -0.1) is 0 Å². The van der Waals surface area contributed by atoms with Crippen molar-refractivity contribution < 1.29 is 9.09 Å². The standard InChI is InChI=1S/C22H47O2P.H3P/c1-6-7-8-9-10-11-12-13-14-15-16-17-18-24-25(23,19-21(2)3)20-22(4)5;/h21-22H,6-20H2,1-5H3;1H3. The third kappa shape index (κ3) is 19.4. The molecular formula is C22H50O2P2. The van der Waals surface area contributed by atoms with Crippen molar-refractivity contribution in [2.75, 3.05) is 18.9 Å². The summed E-state index contributed by atoms with van der Waals surface area (Å²) in [6.07, 6.45) is 17.7. The number of hydrogen-bond acceptors (Lipinski definition) is 2. The molecule has 0 bridgehead atoms. The Morgan fingerprint density at radius 2 is 1.00 bits per heavy atom. The van der Waals surface area contributed by atoms with Gasteiger partial charge in [0.2, 0.25) is 7.37 Å². The second kappa shape index (κ2) is 19.0. The van der Waals surface area contributed by atoms with Crippen LogP contribution >= 0.6 is 17.3 Å². The molecule has 1 atom stereocenters. The molecule has 0 aliphatic heterocycles. The summed E-state index contributed by atoms with van der Waals surface area (Å²) in [6.45, 7) is 11.5. The number of hydrogen-bond donors (Lipinski definition) is 0. The van der Waals surface area contributed by atoms with Crippen LogP contribution in [-0.4, -0.2) is 18.9 Å². The second-order valence-electron chi connectivity index (χ2n) is 8.69. The van der Waals surface area contributed by atoms with E-state index in [1.54, 1.807) is 0 Å². The smallest absolute Gasteiger partial charge is 0.203 e. The third-order valence-electron chi connectivity index (χ3n) is 4.61. The topological polar surface area (TPSA) is 26.3 Å². The van der Waals surface area contributed by atoms with Gasteiger partial charge in [0.05, 0.1) is 6.61 Å². The van der Waals surface area contributed by atoms with E-state index >= 15 is 0 Å². The summed E-state index contributed by atoms with van der Waals surface area (Å²) in [5.41, 5.74) is 0. The molecular weight excluding hydrogens is 358 g/mol. The Labute approximate surface area is 169 Å². The molecule has 0 fully saturated rings. The van der Waals surface area contributed by atoms with Crippen LogP contribution < -0.4 is 0 Å². The summed E-state index contributed by atoms with van der Waals surface area (Å²) in [5.74, 6) is 0.901. The highest BCUT2D eigenvalue weighted by Gasteiger charge is 2.25. The van der Waals surface area contributed by atoms with E-state index in [-0.39, 0.29) is 9.90 Å². The van der Waals surface area contributed by atoms with Crippen LogP contribution in [0.4, 0.5) is 0 Å². The lowest BCUT2D eigenvalue weighted by Gasteiger charge is -2.22. The Kier molecular flexibility index (Phi) is 21.0.